The number of rotatable bonds is 5. The molecule has 0 atom stereocenters. The number of sulfonamides is 1. The smallest absolute Gasteiger partial charge is 0.208 e. The lowest BCUT2D eigenvalue weighted by Crippen LogP contribution is -2.27. The van der Waals surface area contributed by atoms with Crippen LogP contribution in [0.25, 0.3) is 0 Å². The zero-order valence-corrected chi connectivity index (χ0v) is 12.5. The molecule has 0 saturated heterocycles. The second kappa shape index (κ2) is 5.95. The topological polar surface area (TPSA) is 71.1 Å². The van der Waals surface area contributed by atoms with E-state index in [2.05, 4.69) is 46.9 Å². The third kappa shape index (κ3) is 5.24. The number of anilines is 1. The van der Waals surface area contributed by atoms with Gasteiger partial charge in [-0.1, -0.05) is 0 Å². The summed E-state index contributed by atoms with van der Waals surface area (Å²) >= 11 is 6.64. The summed E-state index contributed by atoms with van der Waals surface area (Å²) in [6.45, 7) is 0.795. The minimum absolute atomic E-state index is 0.322. The van der Waals surface area contributed by atoms with Crippen molar-refractivity contribution < 1.29 is 8.42 Å². The van der Waals surface area contributed by atoms with E-state index in [-0.39, 0.29) is 0 Å². The molecule has 5 nitrogen and oxygen atoms in total. The van der Waals surface area contributed by atoms with Crippen LogP contribution in [0.2, 0.25) is 0 Å². The van der Waals surface area contributed by atoms with E-state index >= 15 is 0 Å². The van der Waals surface area contributed by atoms with Crippen molar-refractivity contribution in [3.8, 4) is 0 Å². The van der Waals surface area contributed by atoms with E-state index in [9.17, 15) is 8.42 Å². The Bertz CT molecular complexity index is 464. The van der Waals surface area contributed by atoms with Crippen LogP contribution in [-0.4, -0.2) is 32.7 Å². The molecule has 0 aliphatic rings. The Hall–Kier alpha value is -0.180. The average Bonchev–Trinajstić information content (AvgIpc) is 2.13. The van der Waals surface area contributed by atoms with E-state index in [1.165, 1.54) is 0 Å². The van der Waals surface area contributed by atoms with Crippen LogP contribution in [0, 0.1) is 0 Å². The Balaban J connectivity index is 2.43. The molecule has 0 fully saturated rings. The van der Waals surface area contributed by atoms with E-state index in [4.69, 9.17) is 0 Å². The molecule has 0 spiro atoms. The van der Waals surface area contributed by atoms with Gasteiger partial charge in [0.2, 0.25) is 10.0 Å². The first-order chi connectivity index (χ1) is 7.38. The quantitative estimate of drug-likeness (QED) is 0.769. The van der Waals surface area contributed by atoms with Crippen LogP contribution in [0.1, 0.15) is 0 Å². The van der Waals surface area contributed by atoms with Crippen LogP contribution in [0.3, 0.4) is 0 Å². The van der Waals surface area contributed by atoms with Gasteiger partial charge in [0, 0.05) is 23.8 Å². The van der Waals surface area contributed by atoms with E-state index in [1.807, 2.05) is 6.07 Å². The third-order valence-corrected chi connectivity index (χ3v) is 3.36. The maximum Gasteiger partial charge on any atom is 0.208 e. The largest absolute Gasteiger partial charge is 0.368 e. The van der Waals surface area contributed by atoms with Crippen LogP contribution in [-0.2, 0) is 10.0 Å². The summed E-state index contributed by atoms with van der Waals surface area (Å²) in [6, 6.07) is 1.86. The second-order valence-corrected chi connectivity index (χ2v) is 6.68. The summed E-state index contributed by atoms with van der Waals surface area (Å²) in [6.07, 6.45) is 2.79. The van der Waals surface area contributed by atoms with E-state index in [1.54, 1.807) is 6.20 Å². The molecule has 2 N–H and O–H groups in total. The minimum Gasteiger partial charge on any atom is -0.368 e. The van der Waals surface area contributed by atoms with Crippen molar-refractivity contribution in [2.24, 2.45) is 0 Å². The summed E-state index contributed by atoms with van der Waals surface area (Å²) in [4.78, 5) is 4.13. The van der Waals surface area contributed by atoms with Crippen LogP contribution < -0.4 is 10.0 Å². The molecule has 0 saturated carbocycles. The summed E-state index contributed by atoms with van der Waals surface area (Å²) in [5.41, 5.74) is 0. The highest BCUT2D eigenvalue weighted by molar-refractivity contribution is 9.11. The highest BCUT2D eigenvalue weighted by Crippen LogP contribution is 2.22. The van der Waals surface area contributed by atoms with Crippen LogP contribution in [0.5, 0.6) is 0 Å². The van der Waals surface area contributed by atoms with Gasteiger partial charge in [-0.3, -0.25) is 0 Å². The van der Waals surface area contributed by atoms with Crippen LogP contribution in [0.15, 0.2) is 21.2 Å². The molecule has 0 amide bonds. The van der Waals surface area contributed by atoms with Crippen molar-refractivity contribution >= 4 is 47.7 Å². The van der Waals surface area contributed by atoms with Crippen molar-refractivity contribution in [3.05, 3.63) is 21.2 Å². The van der Waals surface area contributed by atoms with Crippen molar-refractivity contribution in [1.82, 2.24) is 9.71 Å². The third-order valence-electron chi connectivity index (χ3n) is 1.59. The second-order valence-electron chi connectivity index (χ2n) is 3.08. The number of pyridine rings is 1. The Kier molecular flexibility index (Phi) is 5.16. The fourth-order valence-corrected chi connectivity index (χ4v) is 2.56. The van der Waals surface area contributed by atoms with Gasteiger partial charge in [-0.25, -0.2) is 18.1 Å². The predicted octanol–water partition coefficient (Wildman–Crippen LogP) is 1.57. The lowest BCUT2D eigenvalue weighted by molar-refractivity contribution is 0.589. The minimum atomic E-state index is -3.13. The molecule has 1 aromatic heterocycles. The maximum atomic E-state index is 10.8. The van der Waals surface area contributed by atoms with Crippen LogP contribution >= 0.6 is 31.9 Å². The van der Waals surface area contributed by atoms with Gasteiger partial charge in [-0.05, 0) is 37.9 Å². The number of hydrogen-bond acceptors (Lipinski definition) is 4. The van der Waals surface area contributed by atoms with Gasteiger partial charge in [-0.2, -0.15) is 0 Å². The highest BCUT2D eigenvalue weighted by Gasteiger charge is 2.02. The summed E-state index contributed by atoms with van der Waals surface area (Å²) in [7, 11) is -3.13. The van der Waals surface area contributed by atoms with Gasteiger partial charge in [0.25, 0.3) is 0 Å². The molecule has 1 rings (SSSR count). The maximum absolute atomic E-state index is 10.8. The van der Waals surface area contributed by atoms with Gasteiger partial charge >= 0.3 is 0 Å². The zero-order chi connectivity index (χ0) is 12.2. The lowest BCUT2D eigenvalue weighted by atomic mass is 10.4. The predicted molar refractivity (Wildman–Crippen MR) is 71.0 cm³/mol. The Morgan fingerprint density at radius 1 is 1.38 bits per heavy atom. The van der Waals surface area contributed by atoms with Crippen molar-refractivity contribution in [1.29, 1.82) is 0 Å². The lowest BCUT2D eigenvalue weighted by Gasteiger charge is -2.07. The van der Waals surface area contributed by atoms with E-state index < -0.39 is 10.0 Å². The molecule has 1 heterocycles. The number of halogens is 2. The monoisotopic (exact) mass is 371 g/mol. The molecule has 0 unspecified atom stereocenters. The number of nitrogens with one attached hydrogen (secondary N) is 2. The standard InChI is InChI=1S/C8H11Br2N3O2S/c1-16(14,15)13-3-2-11-8-7(10)4-6(9)5-12-8/h4-5,13H,2-3H2,1H3,(H,11,12). The first-order valence-corrected chi connectivity index (χ1v) is 7.86. The first-order valence-electron chi connectivity index (χ1n) is 4.38. The Labute approximate surface area is 111 Å². The van der Waals surface area contributed by atoms with E-state index in [0.717, 1.165) is 15.2 Å². The summed E-state index contributed by atoms with van der Waals surface area (Å²) in [5, 5.41) is 3.01. The van der Waals surface area contributed by atoms with Gasteiger partial charge in [0.05, 0.1) is 10.7 Å². The summed E-state index contributed by atoms with van der Waals surface area (Å²) < 4.78 is 25.6. The van der Waals surface area contributed by atoms with Crippen molar-refractivity contribution in [2.45, 2.75) is 0 Å². The fourth-order valence-electron chi connectivity index (χ4n) is 0.962. The Morgan fingerprint density at radius 2 is 2.06 bits per heavy atom. The van der Waals surface area contributed by atoms with Gasteiger partial charge in [0.15, 0.2) is 0 Å². The molecule has 0 bridgehead atoms. The van der Waals surface area contributed by atoms with Gasteiger partial charge in [-0.15, -0.1) is 0 Å². The fraction of sp³-hybridized carbons (Fsp3) is 0.375. The number of hydrogen-bond donors (Lipinski definition) is 2. The molecule has 0 radical (unpaired) electrons. The zero-order valence-electron chi connectivity index (χ0n) is 8.50. The molecule has 0 aliphatic carbocycles. The van der Waals surface area contributed by atoms with Crippen molar-refractivity contribution in [2.75, 3.05) is 24.7 Å². The molecular formula is C8H11Br2N3O2S. The first kappa shape index (κ1) is 13.9. The van der Waals surface area contributed by atoms with Gasteiger partial charge in [0.1, 0.15) is 5.82 Å². The average molecular weight is 373 g/mol. The molecule has 90 valence electrons. The normalized spacial score (nSPS) is 11.4. The Morgan fingerprint density at radius 3 is 2.62 bits per heavy atom. The molecule has 0 aliphatic heterocycles. The molecule has 8 heteroatoms. The highest BCUT2D eigenvalue weighted by atomic mass is 79.9. The summed E-state index contributed by atoms with van der Waals surface area (Å²) in [5.74, 6) is 0.679. The molecular weight excluding hydrogens is 362 g/mol. The van der Waals surface area contributed by atoms with Gasteiger partial charge < -0.3 is 5.32 Å². The molecule has 0 aromatic carbocycles. The number of nitrogens with zero attached hydrogens (tertiary/aromatic N) is 1. The molecule has 16 heavy (non-hydrogen) atoms. The number of aromatic nitrogens is 1. The van der Waals surface area contributed by atoms with Crippen LogP contribution in [0.4, 0.5) is 5.82 Å². The SMILES string of the molecule is CS(=O)(=O)NCCNc1ncc(Br)cc1Br. The van der Waals surface area contributed by atoms with Crippen molar-refractivity contribution in [3.63, 3.8) is 0 Å². The molecule has 1 aromatic rings. The van der Waals surface area contributed by atoms with E-state index in [0.29, 0.717) is 18.9 Å².